The average Bonchev–Trinajstić information content (AvgIpc) is 1.57. The van der Waals surface area contributed by atoms with Crippen molar-refractivity contribution in [2.75, 3.05) is 9.80 Å². The van der Waals surface area contributed by atoms with Crippen molar-refractivity contribution in [3.05, 3.63) is 388 Å². The summed E-state index contributed by atoms with van der Waals surface area (Å²) >= 11 is 1.79. The average molecular weight is 1480 g/mol. The zero-order valence-electron chi connectivity index (χ0n) is 61.2. The molecule has 0 atom stereocenters. The summed E-state index contributed by atoms with van der Waals surface area (Å²) in [5, 5.41) is 8.85. The van der Waals surface area contributed by atoms with Gasteiger partial charge in [-0.15, -0.1) is 11.3 Å². The van der Waals surface area contributed by atoms with Gasteiger partial charge in [-0.3, -0.25) is 0 Å². The van der Waals surface area contributed by atoms with Gasteiger partial charge >= 0.3 is 0 Å². The summed E-state index contributed by atoms with van der Waals surface area (Å²) in [4.78, 5) is 36.0. The highest BCUT2D eigenvalue weighted by Gasteiger charge is 2.26. The van der Waals surface area contributed by atoms with Crippen LogP contribution in [0.5, 0.6) is 0 Å². The first-order valence-electron chi connectivity index (χ1n) is 38.1. The van der Waals surface area contributed by atoms with Gasteiger partial charge in [0.05, 0.1) is 43.7 Å². The number of anilines is 6. The number of nitrogens with zero attached hydrogens (tertiary/aromatic N) is 10. The van der Waals surface area contributed by atoms with Gasteiger partial charge in [0.2, 0.25) is 0 Å². The number of benzene rings is 16. The molecule has 0 saturated carbocycles. The fourth-order valence-electron chi connectivity index (χ4n) is 16.6. The van der Waals surface area contributed by atoms with E-state index in [1.165, 1.54) is 10.1 Å². The maximum atomic E-state index is 7.28. The Labute approximate surface area is 659 Å². The summed E-state index contributed by atoms with van der Waals surface area (Å²) in [6.07, 6.45) is 0. The molecule has 0 aliphatic heterocycles. The molecule has 0 spiro atoms. The van der Waals surface area contributed by atoms with Crippen LogP contribution in [0.25, 0.3) is 177 Å². The smallest absolute Gasteiger partial charge is 0.167 e. The molecule has 6 heterocycles. The lowest BCUT2D eigenvalue weighted by molar-refractivity contribution is 0.667. The van der Waals surface area contributed by atoms with Crippen LogP contribution in [0.4, 0.5) is 34.1 Å². The van der Waals surface area contributed by atoms with Gasteiger partial charge in [0.15, 0.2) is 40.5 Å². The van der Waals surface area contributed by atoms with Crippen LogP contribution >= 0.6 is 11.3 Å². The van der Waals surface area contributed by atoms with Crippen LogP contribution in [0, 0.1) is 0 Å². The molecular weight excluding hydrogens is 1410 g/mol. The predicted molar refractivity (Wildman–Crippen MR) is 469 cm³/mol. The van der Waals surface area contributed by atoms with Crippen molar-refractivity contribution in [2.45, 2.75) is 0 Å². The van der Waals surface area contributed by atoms with Crippen LogP contribution < -0.4 is 9.80 Å². The number of hydrogen-bond acceptors (Lipinski definition) is 10. The van der Waals surface area contributed by atoms with E-state index in [1.807, 2.05) is 66.7 Å². The topological polar surface area (TPSA) is 107 Å². The SMILES string of the molecule is c1ccc(-c2nc(-c3ccc(-c4cccc(N(c5ccccc5)c5ccc6c(c5)c5ccccc5n6-c5cccc6c5sc5c(-c7nc(-c8ccccc8)nc(-c8ccccc8)n7)cccc56)c4)cc3)nc(-c3cccc4c3oc3c(-n5c6ccccc6c6cc(N(c7ccccc7)c7ccccc7)ccc65)cccc34)n2)cc1. The monoisotopic (exact) mass is 1480 g/mol. The summed E-state index contributed by atoms with van der Waals surface area (Å²) in [7, 11) is 0. The Kier molecular flexibility index (Phi) is 15.8. The third-order valence-corrected chi connectivity index (χ3v) is 23.1. The molecule has 534 valence electrons. The van der Waals surface area contributed by atoms with E-state index in [9.17, 15) is 0 Å². The molecular formula is C102H64N10OS. The lowest BCUT2D eigenvalue weighted by Gasteiger charge is -2.26. The van der Waals surface area contributed by atoms with E-state index in [-0.39, 0.29) is 0 Å². The Bertz CT molecular complexity index is 7380. The third kappa shape index (κ3) is 11.3. The van der Waals surface area contributed by atoms with Crippen molar-refractivity contribution in [3.63, 3.8) is 0 Å². The second kappa shape index (κ2) is 27.4. The summed E-state index contributed by atoms with van der Waals surface area (Å²) in [5.74, 6) is 3.51. The lowest BCUT2D eigenvalue weighted by Crippen LogP contribution is -2.10. The molecule has 0 amide bonds. The Hall–Kier alpha value is -15.2. The summed E-state index contributed by atoms with van der Waals surface area (Å²) in [6.45, 7) is 0. The molecule has 12 heteroatoms. The van der Waals surface area contributed by atoms with E-state index in [0.717, 1.165) is 160 Å². The zero-order chi connectivity index (χ0) is 75.2. The molecule has 0 saturated heterocycles. The van der Waals surface area contributed by atoms with E-state index in [1.54, 1.807) is 11.3 Å². The predicted octanol–water partition coefficient (Wildman–Crippen LogP) is 27.1. The first kappa shape index (κ1) is 65.8. The van der Waals surface area contributed by atoms with Crippen LogP contribution in [0.1, 0.15) is 0 Å². The maximum Gasteiger partial charge on any atom is 0.167 e. The highest BCUT2D eigenvalue weighted by Crippen LogP contribution is 2.48. The maximum absolute atomic E-state index is 7.28. The first-order valence-corrected chi connectivity index (χ1v) is 39.0. The van der Waals surface area contributed by atoms with Crippen LogP contribution in [0.15, 0.2) is 393 Å². The Morgan fingerprint density at radius 1 is 0.211 bits per heavy atom. The summed E-state index contributed by atoms with van der Waals surface area (Å²) in [6, 6.07) is 137. The molecule has 0 bridgehead atoms. The van der Waals surface area contributed by atoms with Gasteiger partial charge in [0, 0.05) is 110 Å². The molecule has 0 aliphatic carbocycles. The molecule has 114 heavy (non-hydrogen) atoms. The van der Waals surface area contributed by atoms with Crippen molar-refractivity contribution in [1.82, 2.24) is 39.0 Å². The highest BCUT2D eigenvalue weighted by atomic mass is 32.1. The molecule has 22 rings (SSSR count). The number of hydrogen-bond donors (Lipinski definition) is 0. The van der Waals surface area contributed by atoms with Crippen molar-refractivity contribution in [2.24, 2.45) is 0 Å². The zero-order valence-corrected chi connectivity index (χ0v) is 62.1. The molecule has 11 nitrogen and oxygen atoms in total. The fourth-order valence-corrected chi connectivity index (χ4v) is 17.9. The van der Waals surface area contributed by atoms with Crippen molar-refractivity contribution in [3.8, 4) is 90.8 Å². The van der Waals surface area contributed by atoms with Gasteiger partial charge in [-0.25, -0.2) is 29.9 Å². The van der Waals surface area contributed by atoms with Gasteiger partial charge in [-0.05, 0) is 132 Å². The lowest BCUT2D eigenvalue weighted by atomic mass is 10.0. The molecule has 0 fully saturated rings. The second-order valence-corrected chi connectivity index (χ2v) is 29.5. The van der Waals surface area contributed by atoms with Crippen molar-refractivity contribution >= 4 is 131 Å². The van der Waals surface area contributed by atoms with E-state index >= 15 is 0 Å². The molecule has 6 aromatic heterocycles. The normalized spacial score (nSPS) is 11.7. The van der Waals surface area contributed by atoms with E-state index in [2.05, 4.69) is 340 Å². The van der Waals surface area contributed by atoms with Gasteiger partial charge < -0.3 is 23.4 Å². The largest absolute Gasteiger partial charge is 0.453 e. The van der Waals surface area contributed by atoms with E-state index in [0.29, 0.717) is 40.5 Å². The number of fused-ring (bicyclic) bond motifs is 12. The Balaban J connectivity index is 0.611. The van der Waals surface area contributed by atoms with Crippen LogP contribution in [-0.2, 0) is 0 Å². The minimum absolute atomic E-state index is 0.507. The molecule has 16 aromatic carbocycles. The van der Waals surface area contributed by atoms with Gasteiger partial charge in [-0.1, -0.05) is 267 Å². The molecule has 22 aromatic rings. The fraction of sp³-hybridized carbons (Fsp3) is 0. The molecule has 0 aliphatic rings. The van der Waals surface area contributed by atoms with Crippen molar-refractivity contribution in [1.29, 1.82) is 0 Å². The Morgan fingerprint density at radius 2 is 0.553 bits per heavy atom. The number of furan rings is 1. The molecule has 0 radical (unpaired) electrons. The quantitative estimate of drug-likeness (QED) is 0.0992. The highest BCUT2D eigenvalue weighted by molar-refractivity contribution is 7.26. The van der Waals surface area contributed by atoms with Crippen LogP contribution in [-0.4, -0.2) is 39.0 Å². The first-order chi connectivity index (χ1) is 56.5. The van der Waals surface area contributed by atoms with E-state index in [4.69, 9.17) is 34.3 Å². The van der Waals surface area contributed by atoms with E-state index < -0.39 is 0 Å². The van der Waals surface area contributed by atoms with Crippen molar-refractivity contribution < 1.29 is 4.42 Å². The van der Waals surface area contributed by atoms with Gasteiger partial charge in [0.25, 0.3) is 0 Å². The van der Waals surface area contributed by atoms with Gasteiger partial charge in [0.1, 0.15) is 5.58 Å². The third-order valence-electron chi connectivity index (χ3n) is 21.8. The number of para-hydroxylation sites is 7. The standard InChI is InChI=1S/C102H64N10OS/c1-7-28-66(29-8-1)97-104-100(106-101(105-97)83-48-24-44-79-80-45-26-52-91(94(80)113-93(79)83)111-87-50-21-19-42-77(87)85-63-75(58-60-89(85)111)109(71-35-13-4-14-36-71)72-37-15-5-16-38-72)69-56-54-65(55-57-69)70-34-23-41-74(62-70)110(73-39-17-6-18-40-73)76-59-61-90-86(64-76)78-43-20-22-51-88(78)112(90)92-53-27-47-82-81-46-25-49-84(95(81)114-96(82)92)102-107-98(67-30-9-2-10-31-67)103-99(108-102)68-32-11-3-12-33-68/h1-64H. The number of thiophene rings is 1. The number of aromatic nitrogens is 8. The Morgan fingerprint density at radius 3 is 1.08 bits per heavy atom. The molecule has 0 unspecified atom stereocenters. The minimum Gasteiger partial charge on any atom is -0.453 e. The van der Waals surface area contributed by atoms with Crippen LogP contribution in [0.3, 0.4) is 0 Å². The minimum atomic E-state index is 0.507. The summed E-state index contributed by atoms with van der Waals surface area (Å²) in [5.41, 5.74) is 21.6. The number of rotatable bonds is 15. The molecule has 0 N–H and O–H groups in total. The van der Waals surface area contributed by atoms with Gasteiger partial charge in [-0.2, -0.15) is 0 Å². The second-order valence-electron chi connectivity index (χ2n) is 28.5. The summed E-state index contributed by atoms with van der Waals surface area (Å²) < 4.78 is 14.4. The van der Waals surface area contributed by atoms with Crippen LogP contribution in [0.2, 0.25) is 0 Å².